The number of nitrogens with zero attached hydrogens (tertiary/aromatic N) is 2. The van der Waals surface area contributed by atoms with Crippen molar-refractivity contribution in [1.82, 2.24) is 9.80 Å². The van der Waals surface area contributed by atoms with E-state index in [0.717, 1.165) is 24.2 Å². The van der Waals surface area contributed by atoms with Gasteiger partial charge in [0.15, 0.2) is 0 Å². The smallest absolute Gasteiger partial charge is 0.320 e. The molecule has 2 rings (SSSR count). The molecule has 4 heteroatoms. The maximum Gasteiger partial charge on any atom is 0.320 e. The highest BCUT2D eigenvalue weighted by Gasteiger charge is 2.25. The molecule has 1 saturated heterocycles. The molecule has 0 aromatic heterocycles. The molecule has 1 aromatic carbocycles. The molecule has 1 aromatic rings. The van der Waals surface area contributed by atoms with Gasteiger partial charge in [-0.15, -0.1) is 0 Å². The normalized spacial score (nSPS) is 16.0. The molecular weight excluding hydrogens is 202 g/mol. The molecule has 1 heterocycles. The predicted octanol–water partition coefficient (Wildman–Crippen LogP) is 1.01. The number of carbonyl (C=O) groups is 1. The van der Waals surface area contributed by atoms with Gasteiger partial charge in [0.05, 0.1) is 0 Å². The second kappa shape index (κ2) is 4.53. The number of rotatable bonds is 3. The number of hydrogen-bond donors (Lipinski definition) is 1. The van der Waals surface area contributed by atoms with E-state index in [-0.39, 0.29) is 6.03 Å². The first-order valence-corrected chi connectivity index (χ1v) is 5.49. The Balaban J connectivity index is 2.12. The number of likely N-dealkylation sites (N-methyl/N-ethyl adjacent to an activating group) is 1. The third-order valence-corrected chi connectivity index (χ3v) is 3.00. The van der Waals surface area contributed by atoms with E-state index >= 15 is 0 Å². The fourth-order valence-electron chi connectivity index (χ4n) is 1.97. The summed E-state index contributed by atoms with van der Waals surface area (Å²) in [6, 6.07) is 8.11. The highest BCUT2D eigenvalue weighted by molar-refractivity contribution is 5.76. The molecule has 1 fully saturated rings. The van der Waals surface area contributed by atoms with Gasteiger partial charge in [-0.25, -0.2) is 4.79 Å². The van der Waals surface area contributed by atoms with E-state index in [0.29, 0.717) is 13.1 Å². The van der Waals surface area contributed by atoms with Gasteiger partial charge >= 0.3 is 6.03 Å². The van der Waals surface area contributed by atoms with Crippen LogP contribution in [0.25, 0.3) is 0 Å². The molecule has 1 aliphatic rings. The van der Waals surface area contributed by atoms with Crippen molar-refractivity contribution in [2.24, 2.45) is 5.73 Å². The molecule has 1 aliphatic heterocycles. The molecule has 0 saturated carbocycles. The van der Waals surface area contributed by atoms with Gasteiger partial charge in [0.2, 0.25) is 0 Å². The van der Waals surface area contributed by atoms with Crippen molar-refractivity contribution in [2.45, 2.75) is 13.1 Å². The lowest BCUT2D eigenvalue weighted by Gasteiger charge is -2.17. The minimum Gasteiger partial charge on any atom is -0.326 e. The van der Waals surface area contributed by atoms with Crippen LogP contribution in [0.4, 0.5) is 4.79 Å². The zero-order chi connectivity index (χ0) is 11.5. The number of benzene rings is 1. The summed E-state index contributed by atoms with van der Waals surface area (Å²) < 4.78 is 0. The van der Waals surface area contributed by atoms with Crippen molar-refractivity contribution in [3.05, 3.63) is 35.4 Å². The van der Waals surface area contributed by atoms with Gasteiger partial charge in [-0.1, -0.05) is 24.3 Å². The Bertz CT molecular complexity index is 392. The van der Waals surface area contributed by atoms with Crippen molar-refractivity contribution < 1.29 is 4.79 Å². The Morgan fingerprint density at radius 1 is 1.25 bits per heavy atom. The molecule has 0 bridgehead atoms. The van der Waals surface area contributed by atoms with E-state index in [4.69, 9.17) is 5.73 Å². The van der Waals surface area contributed by atoms with Crippen LogP contribution in [-0.2, 0) is 13.1 Å². The molecule has 0 atom stereocenters. The second-order valence-corrected chi connectivity index (χ2v) is 4.10. The van der Waals surface area contributed by atoms with E-state index < -0.39 is 0 Å². The van der Waals surface area contributed by atoms with Gasteiger partial charge in [0.1, 0.15) is 0 Å². The van der Waals surface area contributed by atoms with Gasteiger partial charge < -0.3 is 15.5 Å². The summed E-state index contributed by atoms with van der Waals surface area (Å²) >= 11 is 0. The highest BCUT2D eigenvalue weighted by atomic mass is 16.2. The first-order valence-electron chi connectivity index (χ1n) is 5.49. The first kappa shape index (κ1) is 11.0. The monoisotopic (exact) mass is 219 g/mol. The number of hydrogen-bond acceptors (Lipinski definition) is 2. The van der Waals surface area contributed by atoms with Crippen molar-refractivity contribution >= 4 is 6.03 Å². The van der Waals surface area contributed by atoms with E-state index in [1.54, 1.807) is 4.90 Å². The summed E-state index contributed by atoms with van der Waals surface area (Å²) in [6.45, 7) is 2.79. The molecule has 0 unspecified atom stereocenters. The predicted molar refractivity (Wildman–Crippen MR) is 62.8 cm³/mol. The van der Waals surface area contributed by atoms with Crippen molar-refractivity contribution in [3.63, 3.8) is 0 Å². The quantitative estimate of drug-likeness (QED) is 0.825. The Hall–Kier alpha value is -1.55. The van der Waals surface area contributed by atoms with E-state index in [2.05, 4.69) is 0 Å². The summed E-state index contributed by atoms with van der Waals surface area (Å²) in [6.07, 6.45) is 0. The van der Waals surface area contributed by atoms with Gasteiger partial charge in [-0.05, 0) is 11.1 Å². The van der Waals surface area contributed by atoms with E-state index in [9.17, 15) is 4.79 Å². The average molecular weight is 219 g/mol. The number of amides is 2. The zero-order valence-electron chi connectivity index (χ0n) is 9.52. The molecule has 4 nitrogen and oxygen atoms in total. The van der Waals surface area contributed by atoms with Gasteiger partial charge in [0, 0.05) is 33.2 Å². The summed E-state index contributed by atoms with van der Waals surface area (Å²) in [5.41, 5.74) is 7.94. The SMILES string of the molecule is CN1CCN(Cc2ccccc2CN)C1=O. The van der Waals surface area contributed by atoms with Gasteiger partial charge in [-0.3, -0.25) is 0 Å². The van der Waals surface area contributed by atoms with Crippen molar-refractivity contribution in [3.8, 4) is 0 Å². The Labute approximate surface area is 95.6 Å². The number of urea groups is 1. The Morgan fingerprint density at radius 2 is 1.94 bits per heavy atom. The van der Waals surface area contributed by atoms with Crippen molar-refractivity contribution in [2.75, 3.05) is 20.1 Å². The molecule has 0 aliphatic carbocycles. The van der Waals surface area contributed by atoms with Crippen molar-refractivity contribution in [1.29, 1.82) is 0 Å². The molecule has 0 radical (unpaired) electrons. The maximum absolute atomic E-state index is 11.7. The van der Waals surface area contributed by atoms with Crippen LogP contribution < -0.4 is 5.73 Å². The fraction of sp³-hybridized carbons (Fsp3) is 0.417. The summed E-state index contributed by atoms with van der Waals surface area (Å²) in [5.74, 6) is 0. The maximum atomic E-state index is 11.7. The fourth-order valence-corrected chi connectivity index (χ4v) is 1.97. The van der Waals surface area contributed by atoms with Crippen LogP contribution in [-0.4, -0.2) is 36.0 Å². The van der Waals surface area contributed by atoms with Gasteiger partial charge in [-0.2, -0.15) is 0 Å². The van der Waals surface area contributed by atoms with Crippen LogP contribution in [0.5, 0.6) is 0 Å². The molecule has 2 amide bonds. The lowest BCUT2D eigenvalue weighted by molar-refractivity contribution is 0.197. The van der Waals surface area contributed by atoms with Crippen LogP contribution in [0.15, 0.2) is 24.3 Å². The molecule has 86 valence electrons. The minimum atomic E-state index is 0.104. The van der Waals surface area contributed by atoms with Crippen LogP contribution in [0.3, 0.4) is 0 Å². The first-order chi connectivity index (χ1) is 7.72. The van der Waals surface area contributed by atoms with E-state index in [1.165, 1.54) is 0 Å². The van der Waals surface area contributed by atoms with Crippen LogP contribution in [0.1, 0.15) is 11.1 Å². The minimum absolute atomic E-state index is 0.104. The highest BCUT2D eigenvalue weighted by Crippen LogP contribution is 2.15. The third kappa shape index (κ3) is 2.02. The lowest BCUT2D eigenvalue weighted by Crippen LogP contribution is -2.29. The summed E-state index contributed by atoms with van der Waals surface area (Å²) in [4.78, 5) is 15.3. The lowest BCUT2D eigenvalue weighted by atomic mass is 10.1. The average Bonchev–Trinajstić information content (AvgIpc) is 2.62. The van der Waals surface area contributed by atoms with Crippen LogP contribution in [0.2, 0.25) is 0 Å². The van der Waals surface area contributed by atoms with Crippen LogP contribution >= 0.6 is 0 Å². The number of nitrogens with two attached hydrogens (primary N) is 1. The molecule has 2 N–H and O–H groups in total. The third-order valence-electron chi connectivity index (χ3n) is 3.00. The Morgan fingerprint density at radius 3 is 2.50 bits per heavy atom. The summed E-state index contributed by atoms with van der Waals surface area (Å²) in [5, 5.41) is 0. The zero-order valence-corrected chi connectivity index (χ0v) is 9.52. The Kier molecular flexibility index (Phi) is 3.10. The summed E-state index contributed by atoms with van der Waals surface area (Å²) in [7, 11) is 1.83. The molecule has 0 spiro atoms. The van der Waals surface area contributed by atoms with Crippen LogP contribution in [0, 0.1) is 0 Å². The van der Waals surface area contributed by atoms with E-state index in [1.807, 2.05) is 36.2 Å². The van der Waals surface area contributed by atoms with Gasteiger partial charge in [0.25, 0.3) is 0 Å². The largest absolute Gasteiger partial charge is 0.326 e. The molecule has 16 heavy (non-hydrogen) atoms. The topological polar surface area (TPSA) is 49.6 Å². The molecular formula is C12H17N3O. The number of carbonyl (C=O) groups excluding carboxylic acids is 1. The second-order valence-electron chi connectivity index (χ2n) is 4.10. The standard InChI is InChI=1S/C12H17N3O/c1-14-6-7-15(12(14)16)9-11-5-3-2-4-10(11)8-13/h2-5H,6-9,13H2,1H3.